The Balaban J connectivity index is 0.000000115. The quantitative estimate of drug-likeness (QED) is 0.134. The van der Waals surface area contributed by atoms with Crippen molar-refractivity contribution in [2.75, 3.05) is 0 Å². The topological polar surface area (TPSA) is 0 Å². The molecule has 0 heteroatoms. The first kappa shape index (κ1) is 25.5. The number of fused-ring (bicyclic) bond motifs is 7. The number of benzene rings is 9. The van der Waals surface area contributed by atoms with E-state index in [1.54, 1.807) is 0 Å². The van der Waals surface area contributed by atoms with Crippen LogP contribution in [-0.2, 0) is 0 Å². The molecule has 42 heavy (non-hydrogen) atoms. The summed E-state index contributed by atoms with van der Waals surface area (Å²) < 4.78 is 0. The molecule has 0 aliphatic carbocycles. The Kier molecular flexibility index (Phi) is 7.02. The normalized spacial score (nSPS) is 10.9. The molecule has 0 aliphatic heterocycles. The maximum Gasteiger partial charge on any atom is -0.00990 e. The zero-order valence-corrected chi connectivity index (χ0v) is 23.3. The fraction of sp³-hybridized carbons (Fsp3) is 0. The fourth-order valence-electron chi connectivity index (χ4n) is 5.72. The van der Waals surface area contributed by atoms with E-state index in [1.165, 1.54) is 64.6 Å². The monoisotopic (exact) mass is 534 g/mol. The van der Waals surface area contributed by atoms with Gasteiger partial charge in [-0.05, 0) is 101 Å². The minimum atomic E-state index is 1.31. The van der Waals surface area contributed by atoms with E-state index in [0.717, 1.165) is 0 Å². The number of hydrogen-bond acceptors (Lipinski definition) is 0. The van der Waals surface area contributed by atoms with E-state index < -0.39 is 0 Å². The molecule has 0 amide bonds. The highest BCUT2D eigenvalue weighted by Gasteiger charge is 2.02. The number of hydrogen-bond donors (Lipinski definition) is 0. The van der Waals surface area contributed by atoms with Crippen LogP contribution in [-0.4, -0.2) is 0 Å². The second kappa shape index (κ2) is 11.6. The van der Waals surface area contributed by atoms with Crippen molar-refractivity contribution < 1.29 is 0 Å². The van der Waals surface area contributed by atoms with Crippen molar-refractivity contribution in [1.29, 1.82) is 0 Å². The predicted octanol–water partition coefficient (Wildman–Crippen LogP) is 12.0. The Bertz CT molecular complexity index is 2080. The van der Waals surface area contributed by atoms with Crippen LogP contribution < -0.4 is 0 Å². The Morgan fingerprint density at radius 2 is 0.476 bits per heavy atom. The van der Waals surface area contributed by atoms with Gasteiger partial charge in [0, 0.05) is 0 Å². The van der Waals surface area contributed by atoms with Gasteiger partial charge < -0.3 is 0 Å². The lowest BCUT2D eigenvalue weighted by Gasteiger charge is -2.06. The van der Waals surface area contributed by atoms with Crippen molar-refractivity contribution >= 4 is 64.6 Å². The van der Waals surface area contributed by atoms with Gasteiger partial charge in [0.15, 0.2) is 0 Å². The van der Waals surface area contributed by atoms with Gasteiger partial charge in [0.05, 0.1) is 0 Å². The highest BCUT2D eigenvalue weighted by molar-refractivity contribution is 6.12. The molecule has 0 fully saturated rings. The highest BCUT2D eigenvalue weighted by atomic mass is 14.1. The minimum absolute atomic E-state index is 1.31. The van der Waals surface area contributed by atoms with Gasteiger partial charge in [0.2, 0.25) is 0 Å². The summed E-state index contributed by atoms with van der Waals surface area (Å²) in [7, 11) is 0. The Labute approximate surface area is 246 Å². The van der Waals surface area contributed by atoms with E-state index in [0.29, 0.717) is 0 Å². The van der Waals surface area contributed by atoms with Gasteiger partial charge in [-0.3, -0.25) is 0 Å². The molecule has 0 saturated carbocycles. The summed E-state index contributed by atoms with van der Waals surface area (Å²) in [5.74, 6) is 0. The van der Waals surface area contributed by atoms with Crippen LogP contribution in [0.3, 0.4) is 0 Å². The molecule has 198 valence electrons. The van der Waals surface area contributed by atoms with Gasteiger partial charge in [-0.2, -0.15) is 0 Å². The molecule has 9 rings (SSSR count). The maximum absolute atomic E-state index is 2.30. The summed E-state index contributed by atoms with van der Waals surface area (Å²) in [6, 6.07) is 64.2. The first-order valence-corrected chi connectivity index (χ1v) is 14.4. The van der Waals surface area contributed by atoms with Crippen LogP contribution in [0.1, 0.15) is 0 Å². The molecule has 0 heterocycles. The summed E-state index contributed by atoms with van der Waals surface area (Å²) in [6.07, 6.45) is 0. The van der Waals surface area contributed by atoms with Gasteiger partial charge in [-0.25, -0.2) is 0 Å². The van der Waals surface area contributed by atoms with Crippen molar-refractivity contribution in [2.24, 2.45) is 0 Å². The van der Waals surface area contributed by atoms with Crippen LogP contribution in [0.15, 0.2) is 182 Å². The molecule has 0 unspecified atom stereocenters. The van der Waals surface area contributed by atoms with E-state index in [9.17, 15) is 0 Å². The summed E-state index contributed by atoms with van der Waals surface area (Å²) >= 11 is 0. The van der Waals surface area contributed by atoms with Gasteiger partial charge in [-0.15, -0.1) is 0 Å². The third-order valence-corrected chi connectivity index (χ3v) is 7.85. The first-order chi connectivity index (χ1) is 20.8. The van der Waals surface area contributed by atoms with Gasteiger partial charge in [0.25, 0.3) is 0 Å². The van der Waals surface area contributed by atoms with E-state index in [-0.39, 0.29) is 0 Å². The molecule has 0 radical (unpaired) electrons. The summed E-state index contributed by atoms with van der Waals surface area (Å²) in [4.78, 5) is 0. The zero-order valence-electron chi connectivity index (χ0n) is 23.3. The first-order valence-electron chi connectivity index (χ1n) is 14.4. The fourth-order valence-corrected chi connectivity index (χ4v) is 5.72. The summed E-state index contributed by atoms with van der Waals surface area (Å²) in [5.41, 5.74) is 0. The van der Waals surface area contributed by atoms with E-state index >= 15 is 0 Å². The molecule has 0 nitrogen and oxygen atoms in total. The summed E-state index contributed by atoms with van der Waals surface area (Å²) in [6.45, 7) is 0. The maximum atomic E-state index is 2.30. The molecular formula is C42H30. The molecule has 0 saturated heterocycles. The molecule has 0 bridgehead atoms. The summed E-state index contributed by atoms with van der Waals surface area (Å²) in [5, 5.41) is 15.8. The van der Waals surface area contributed by atoms with E-state index in [1.807, 2.05) is 36.4 Å². The predicted molar refractivity (Wildman–Crippen MR) is 184 cm³/mol. The largest absolute Gasteiger partial charge is 0.0623 e. The van der Waals surface area contributed by atoms with Crippen LogP contribution in [0.2, 0.25) is 0 Å². The van der Waals surface area contributed by atoms with E-state index in [2.05, 4.69) is 146 Å². The molecule has 9 aromatic rings. The van der Waals surface area contributed by atoms with Crippen molar-refractivity contribution in [3.63, 3.8) is 0 Å². The standard InChI is InChI=1S/2C18H12.C6H6/c1-2-7-15-12-18-16(11-14(15)6-1)10-9-13-5-3-4-8-17(13)18;1-2-6-14-10-18-12-16-8-4-3-7-15(16)11-17(18)9-13(14)5-1;1-2-4-6-5-3-1/h2*1-12H;1-6H. The molecule has 0 spiro atoms. The Morgan fingerprint density at radius 1 is 0.167 bits per heavy atom. The van der Waals surface area contributed by atoms with Crippen molar-refractivity contribution in [3.8, 4) is 0 Å². The average molecular weight is 535 g/mol. The molecule has 0 aliphatic rings. The lowest BCUT2D eigenvalue weighted by Crippen LogP contribution is -1.79. The minimum Gasteiger partial charge on any atom is -0.0623 e. The van der Waals surface area contributed by atoms with Gasteiger partial charge in [0.1, 0.15) is 0 Å². The third kappa shape index (κ3) is 5.31. The Morgan fingerprint density at radius 3 is 0.905 bits per heavy atom. The van der Waals surface area contributed by atoms with Crippen molar-refractivity contribution in [2.45, 2.75) is 0 Å². The molecule has 0 N–H and O–H groups in total. The van der Waals surface area contributed by atoms with E-state index in [4.69, 9.17) is 0 Å². The second-order valence-corrected chi connectivity index (χ2v) is 10.6. The third-order valence-electron chi connectivity index (χ3n) is 7.85. The average Bonchev–Trinajstić information content (AvgIpc) is 3.07. The van der Waals surface area contributed by atoms with Crippen LogP contribution in [0, 0.1) is 0 Å². The lowest BCUT2D eigenvalue weighted by molar-refractivity contribution is 1.72. The highest BCUT2D eigenvalue weighted by Crippen LogP contribution is 2.29. The lowest BCUT2D eigenvalue weighted by atomic mass is 9.98. The molecule has 0 atom stereocenters. The molecular weight excluding hydrogens is 504 g/mol. The van der Waals surface area contributed by atoms with Crippen LogP contribution in [0.4, 0.5) is 0 Å². The van der Waals surface area contributed by atoms with Crippen LogP contribution in [0.25, 0.3) is 64.6 Å². The van der Waals surface area contributed by atoms with Gasteiger partial charge >= 0.3 is 0 Å². The van der Waals surface area contributed by atoms with Crippen molar-refractivity contribution in [1.82, 2.24) is 0 Å². The zero-order chi connectivity index (χ0) is 28.1. The molecule has 0 aromatic heterocycles. The molecule has 9 aromatic carbocycles. The number of rotatable bonds is 0. The smallest absolute Gasteiger partial charge is 0.00990 e. The Hall–Kier alpha value is -5.46. The SMILES string of the molecule is c1ccc2cc3c(ccc4ccccc43)cc2c1.c1ccc2cc3cc4ccccc4cc3cc2c1.c1ccccc1. The van der Waals surface area contributed by atoms with Crippen LogP contribution in [0.5, 0.6) is 0 Å². The van der Waals surface area contributed by atoms with Crippen molar-refractivity contribution in [3.05, 3.63) is 182 Å². The van der Waals surface area contributed by atoms with Crippen LogP contribution >= 0.6 is 0 Å². The van der Waals surface area contributed by atoms with Gasteiger partial charge in [-0.1, -0.05) is 146 Å². The second-order valence-electron chi connectivity index (χ2n) is 10.6.